The number of morpholine rings is 1. The normalized spacial score (nSPS) is 26.3. The van der Waals surface area contributed by atoms with Crippen LogP contribution >= 0.6 is 0 Å². The summed E-state index contributed by atoms with van der Waals surface area (Å²) < 4.78 is 6.03. The fourth-order valence-electron chi connectivity index (χ4n) is 4.76. The van der Waals surface area contributed by atoms with Crippen molar-refractivity contribution in [1.29, 1.82) is 0 Å². The molecule has 160 valence electrons. The molecular weight excluding hydrogens is 362 g/mol. The number of nitrogens with one attached hydrogen (secondary N) is 2. The first-order valence-corrected chi connectivity index (χ1v) is 11.4. The van der Waals surface area contributed by atoms with Crippen LogP contribution in [-0.4, -0.2) is 74.3 Å². The molecule has 0 aliphatic carbocycles. The van der Waals surface area contributed by atoms with Gasteiger partial charge < -0.3 is 15.4 Å². The van der Waals surface area contributed by atoms with Gasteiger partial charge in [-0.25, -0.2) is 0 Å². The summed E-state index contributed by atoms with van der Waals surface area (Å²) in [6.07, 6.45) is 6.94. The van der Waals surface area contributed by atoms with Crippen LogP contribution in [-0.2, 0) is 17.8 Å². The molecule has 3 saturated heterocycles. The van der Waals surface area contributed by atoms with Gasteiger partial charge in [0.1, 0.15) is 0 Å². The number of hydrogen-bond acceptors (Lipinski definition) is 4. The maximum Gasteiger partial charge on any atom is 0.191 e. The van der Waals surface area contributed by atoms with Crippen molar-refractivity contribution in [3.63, 3.8) is 0 Å². The van der Waals surface area contributed by atoms with E-state index >= 15 is 0 Å². The largest absolute Gasteiger partial charge is 0.373 e. The first-order chi connectivity index (χ1) is 14.3. The number of hydrogen-bond donors (Lipinski definition) is 2. The third kappa shape index (κ3) is 5.93. The molecule has 1 aromatic carbocycles. The minimum atomic E-state index is 0.247. The molecule has 0 radical (unpaired) electrons. The average Bonchev–Trinajstić information content (AvgIpc) is 3.24. The molecule has 29 heavy (non-hydrogen) atoms. The summed E-state index contributed by atoms with van der Waals surface area (Å²) in [4.78, 5) is 9.52. The molecular formula is C23H37N5O. The van der Waals surface area contributed by atoms with Crippen LogP contribution in [0.25, 0.3) is 0 Å². The Bertz CT molecular complexity index is 656. The van der Waals surface area contributed by atoms with Gasteiger partial charge in [-0.3, -0.25) is 14.8 Å². The second-order valence-electron chi connectivity index (χ2n) is 8.71. The lowest BCUT2D eigenvalue weighted by Gasteiger charge is -2.35. The van der Waals surface area contributed by atoms with E-state index in [1.807, 2.05) is 7.05 Å². The Morgan fingerprint density at radius 2 is 1.83 bits per heavy atom. The number of nitrogens with zero attached hydrogens (tertiary/aromatic N) is 3. The van der Waals surface area contributed by atoms with Crippen molar-refractivity contribution in [2.75, 3.05) is 46.4 Å². The van der Waals surface area contributed by atoms with Crippen molar-refractivity contribution >= 4 is 5.96 Å². The molecule has 1 aromatic rings. The first kappa shape index (κ1) is 20.6. The summed E-state index contributed by atoms with van der Waals surface area (Å²) in [7, 11) is 1.83. The Balaban J connectivity index is 1.18. The SMILES string of the molecule is CN=C(NCc1ccc(CN2CCCCC2)cc1)NCC1CN2CCCC2CO1. The zero-order chi connectivity index (χ0) is 19.9. The fraction of sp³-hybridized carbons (Fsp3) is 0.696. The highest BCUT2D eigenvalue weighted by atomic mass is 16.5. The zero-order valence-corrected chi connectivity index (χ0v) is 17.9. The van der Waals surface area contributed by atoms with Crippen LogP contribution in [0.15, 0.2) is 29.3 Å². The zero-order valence-electron chi connectivity index (χ0n) is 17.9. The Morgan fingerprint density at radius 3 is 2.62 bits per heavy atom. The lowest BCUT2D eigenvalue weighted by molar-refractivity contribution is -0.0453. The molecule has 3 heterocycles. The maximum absolute atomic E-state index is 6.03. The van der Waals surface area contributed by atoms with Gasteiger partial charge in [0, 0.05) is 39.3 Å². The van der Waals surface area contributed by atoms with Crippen molar-refractivity contribution in [2.45, 2.75) is 57.3 Å². The van der Waals surface area contributed by atoms with Crippen LogP contribution < -0.4 is 10.6 Å². The van der Waals surface area contributed by atoms with E-state index in [1.165, 1.54) is 62.9 Å². The Kier molecular flexibility index (Phi) is 7.41. The van der Waals surface area contributed by atoms with Gasteiger partial charge in [-0.1, -0.05) is 30.7 Å². The van der Waals surface area contributed by atoms with Crippen molar-refractivity contribution in [1.82, 2.24) is 20.4 Å². The second-order valence-corrected chi connectivity index (χ2v) is 8.71. The number of aliphatic imine (C=N–C) groups is 1. The Labute approximate surface area is 175 Å². The molecule has 0 aromatic heterocycles. The highest BCUT2D eigenvalue weighted by Crippen LogP contribution is 2.22. The van der Waals surface area contributed by atoms with Crippen LogP contribution in [0.3, 0.4) is 0 Å². The number of rotatable bonds is 6. The lowest BCUT2D eigenvalue weighted by atomic mass is 10.1. The summed E-state index contributed by atoms with van der Waals surface area (Å²) >= 11 is 0. The van der Waals surface area contributed by atoms with Crippen LogP contribution in [0, 0.1) is 0 Å². The fourth-order valence-corrected chi connectivity index (χ4v) is 4.76. The Hall–Kier alpha value is -1.63. The molecule has 0 saturated carbocycles. The van der Waals surface area contributed by atoms with Gasteiger partial charge in [0.25, 0.3) is 0 Å². The van der Waals surface area contributed by atoms with E-state index in [0.717, 1.165) is 38.7 Å². The van der Waals surface area contributed by atoms with Crippen molar-refractivity contribution in [3.8, 4) is 0 Å². The molecule has 3 aliphatic heterocycles. The van der Waals surface area contributed by atoms with E-state index in [2.05, 4.69) is 49.7 Å². The average molecular weight is 400 g/mol. The number of ether oxygens (including phenoxy) is 1. The summed E-state index contributed by atoms with van der Waals surface area (Å²) in [5.41, 5.74) is 2.69. The summed E-state index contributed by atoms with van der Waals surface area (Å²) in [6.45, 7) is 8.29. The topological polar surface area (TPSA) is 52.1 Å². The first-order valence-electron chi connectivity index (χ1n) is 11.4. The molecule has 0 amide bonds. The smallest absolute Gasteiger partial charge is 0.191 e. The maximum atomic E-state index is 6.03. The highest BCUT2D eigenvalue weighted by Gasteiger charge is 2.32. The highest BCUT2D eigenvalue weighted by molar-refractivity contribution is 5.79. The molecule has 2 atom stereocenters. The van der Waals surface area contributed by atoms with Crippen LogP contribution in [0.2, 0.25) is 0 Å². The van der Waals surface area contributed by atoms with E-state index in [0.29, 0.717) is 6.04 Å². The van der Waals surface area contributed by atoms with Gasteiger partial charge in [0.2, 0.25) is 0 Å². The molecule has 3 fully saturated rings. The van der Waals surface area contributed by atoms with Crippen molar-refractivity contribution < 1.29 is 4.74 Å². The Morgan fingerprint density at radius 1 is 1.03 bits per heavy atom. The summed E-state index contributed by atoms with van der Waals surface area (Å²) in [5.74, 6) is 0.842. The standard InChI is InChI=1S/C23H37N5O/c1-24-23(26-15-22-17-28-13-5-6-21(28)18-29-22)25-14-19-7-9-20(10-8-19)16-27-11-3-2-4-12-27/h7-10,21-22H,2-6,11-18H2,1H3,(H2,24,25,26). The molecule has 6 heteroatoms. The van der Waals surface area contributed by atoms with E-state index in [4.69, 9.17) is 4.74 Å². The van der Waals surface area contributed by atoms with E-state index in [9.17, 15) is 0 Å². The monoisotopic (exact) mass is 399 g/mol. The summed E-state index contributed by atoms with van der Waals surface area (Å²) in [5, 5.41) is 6.87. The van der Waals surface area contributed by atoms with Gasteiger partial charge in [-0.2, -0.15) is 0 Å². The third-order valence-electron chi connectivity index (χ3n) is 6.52. The number of guanidine groups is 1. The van der Waals surface area contributed by atoms with E-state index in [-0.39, 0.29) is 6.10 Å². The molecule has 6 nitrogen and oxygen atoms in total. The van der Waals surface area contributed by atoms with Gasteiger partial charge in [-0.05, 0) is 56.4 Å². The van der Waals surface area contributed by atoms with Gasteiger partial charge in [0.05, 0.1) is 12.7 Å². The molecule has 2 N–H and O–H groups in total. The van der Waals surface area contributed by atoms with Crippen molar-refractivity contribution in [2.24, 2.45) is 4.99 Å². The molecule has 0 bridgehead atoms. The number of fused-ring (bicyclic) bond motifs is 1. The quantitative estimate of drug-likeness (QED) is 0.567. The van der Waals surface area contributed by atoms with E-state index in [1.54, 1.807) is 0 Å². The van der Waals surface area contributed by atoms with Gasteiger partial charge in [0.15, 0.2) is 5.96 Å². The second kappa shape index (κ2) is 10.4. The minimum Gasteiger partial charge on any atom is -0.373 e. The molecule has 3 aliphatic rings. The molecule has 4 rings (SSSR count). The predicted octanol–water partition coefficient (Wildman–Crippen LogP) is 2.20. The van der Waals surface area contributed by atoms with Crippen LogP contribution in [0.1, 0.15) is 43.2 Å². The number of benzene rings is 1. The number of piperidine rings is 1. The summed E-state index contributed by atoms with van der Waals surface area (Å²) in [6, 6.07) is 9.66. The van der Waals surface area contributed by atoms with Crippen LogP contribution in [0.4, 0.5) is 0 Å². The number of likely N-dealkylation sites (tertiary alicyclic amines) is 1. The molecule has 2 unspecified atom stereocenters. The third-order valence-corrected chi connectivity index (χ3v) is 6.52. The van der Waals surface area contributed by atoms with Crippen LogP contribution in [0.5, 0.6) is 0 Å². The van der Waals surface area contributed by atoms with Gasteiger partial charge >= 0.3 is 0 Å². The molecule has 0 spiro atoms. The van der Waals surface area contributed by atoms with Gasteiger partial charge in [-0.15, -0.1) is 0 Å². The minimum absolute atomic E-state index is 0.247. The van der Waals surface area contributed by atoms with E-state index < -0.39 is 0 Å². The van der Waals surface area contributed by atoms with Crippen molar-refractivity contribution in [3.05, 3.63) is 35.4 Å². The lowest BCUT2D eigenvalue weighted by Crippen LogP contribution is -2.51. The predicted molar refractivity (Wildman–Crippen MR) is 118 cm³/mol.